The fourth-order valence-electron chi connectivity index (χ4n) is 1.88. The molecule has 106 valence electrons. The van der Waals surface area contributed by atoms with Gasteiger partial charge < -0.3 is 14.6 Å². The number of hydrogen-bond acceptors (Lipinski definition) is 3. The Hall–Kier alpha value is -2.14. The molecule has 2 aromatic rings. The van der Waals surface area contributed by atoms with Gasteiger partial charge in [-0.2, -0.15) is 4.39 Å². The van der Waals surface area contributed by atoms with E-state index < -0.39 is 17.7 Å². The van der Waals surface area contributed by atoms with Crippen molar-refractivity contribution in [1.29, 1.82) is 0 Å². The second-order valence-electron chi connectivity index (χ2n) is 4.20. The second kappa shape index (κ2) is 5.88. The number of aliphatic hydroxyl groups excluding tert-OH is 1. The highest BCUT2D eigenvalue weighted by Gasteiger charge is 2.18. The van der Waals surface area contributed by atoms with Crippen LogP contribution < -0.4 is 9.47 Å². The predicted octanol–water partition coefficient (Wildman–Crippen LogP) is 3.82. The van der Waals surface area contributed by atoms with E-state index in [0.717, 1.165) is 6.07 Å². The Morgan fingerprint density at radius 2 is 1.60 bits per heavy atom. The molecule has 0 aliphatic rings. The normalized spacial score (nSPS) is 12.1. The molecule has 0 saturated carbocycles. The monoisotopic (exact) mass is 280 g/mol. The van der Waals surface area contributed by atoms with Crippen molar-refractivity contribution in [3.05, 3.63) is 53.6 Å². The first-order valence-electron chi connectivity index (χ1n) is 6.01. The number of benzene rings is 2. The smallest absolute Gasteiger partial charge is 0.201 e. The first-order valence-corrected chi connectivity index (χ1v) is 6.01. The molecule has 2 aromatic carbocycles. The van der Waals surface area contributed by atoms with Crippen molar-refractivity contribution in [3.63, 3.8) is 0 Å². The SMILES string of the molecule is COc1cccc(Oc2cccc(F)c2F)c1C(C)O. The maximum absolute atomic E-state index is 13.6. The van der Waals surface area contributed by atoms with Crippen molar-refractivity contribution in [1.82, 2.24) is 0 Å². The molecule has 0 saturated heterocycles. The summed E-state index contributed by atoms with van der Waals surface area (Å²) in [5.74, 6) is -1.70. The van der Waals surface area contributed by atoms with Gasteiger partial charge in [-0.3, -0.25) is 0 Å². The second-order valence-corrected chi connectivity index (χ2v) is 4.20. The Kier molecular flexibility index (Phi) is 4.20. The molecule has 20 heavy (non-hydrogen) atoms. The zero-order valence-electron chi connectivity index (χ0n) is 11.1. The lowest BCUT2D eigenvalue weighted by Crippen LogP contribution is -2.01. The molecule has 0 amide bonds. The lowest BCUT2D eigenvalue weighted by Gasteiger charge is -2.16. The van der Waals surface area contributed by atoms with Crippen LogP contribution >= 0.6 is 0 Å². The lowest BCUT2D eigenvalue weighted by molar-refractivity contribution is 0.190. The molecule has 0 aliphatic carbocycles. The Morgan fingerprint density at radius 1 is 1.00 bits per heavy atom. The number of ether oxygens (including phenoxy) is 2. The molecule has 1 N–H and O–H groups in total. The van der Waals surface area contributed by atoms with Crippen LogP contribution in [0.3, 0.4) is 0 Å². The topological polar surface area (TPSA) is 38.7 Å². The fourth-order valence-corrected chi connectivity index (χ4v) is 1.88. The van der Waals surface area contributed by atoms with Crippen LogP contribution in [0.25, 0.3) is 0 Å². The zero-order valence-corrected chi connectivity index (χ0v) is 11.1. The summed E-state index contributed by atoms with van der Waals surface area (Å²) in [7, 11) is 1.45. The van der Waals surface area contributed by atoms with Gasteiger partial charge in [-0.15, -0.1) is 0 Å². The minimum atomic E-state index is -1.08. The molecule has 5 heteroatoms. The highest BCUT2D eigenvalue weighted by atomic mass is 19.2. The third kappa shape index (κ3) is 2.72. The van der Waals surface area contributed by atoms with Gasteiger partial charge in [0, 0.05) is 0 Å². The van der Waals surface area contributed by atoms with Gasteiger partial charge >= 0.3 is 0 Å². The quantitative estimate of drug-likeness (QED) is 0.925. The third-order valence-corrected chi connectivity index (χ3v) is 2.80. The predicted molar refractivity (Wildman–Crippen MR) is 70.1 cm³/mol. The van der Waals surface area contributed by atoms with Crippen LogP contribution in [-0.4, -0.2) is 12.2 Å². The largest absolute Gasteiger partial charge is 0.496 e. The van der Waals surface area contributed by atoms with E-state index in [1.807, 2.05) is 0 Å². The van der Waals surface area contributed by atoms with E-state index in [0.29, 0.717) is 11.3 Å². The van der Waals surface area contributed by atoms with Crippen LogP contribution in [0.1, 0.15) is 18.6 Å². The van der Waals surface area contributed by atoms with Crippen molar-refractivity contribution in [2.24, 2.45) is 0 Å². The van der Waals surface area contributed by atoms with Crippen molar-refractivity contribution >= 4 is 0 Å². The third-order valence-electron chi connectivity index (χ3n) is 2.80. The van der Waals surface area contributed by atoms with E-state index in [-0.39, 0.29) is 11.5 Å². The lowest BCUT2D eigenvalue weighted by atomic mass is 10.1. The van der Waals surface area contributed by atoms with Crippen molar-refractivity contribution in [2.75, 3.05) is 7.11 Å². The van der Waals surface area contributed by atoms with Gasteiger partial charge in [0.05, 0.1) is 18.8 Å². The van der Waals surface area contributed by atoms with E-state index in [1.165, 1.54) is 26.2 Å². The Bertz CT molecular complexity index is 612. The number of halogens is 2. The molecule has 0 fully saturated rings. The van der Waals surface area contributed by atoms with Crippen LogP contribution in [-0.2, 0) is 0 Å². The van der Waals surface area contributed by atoms with E-state index in [1.54, 1.807) is 18.2 Å². The zero-order chi connectivity index (χ0) is 14.7. The van der Waals surface area contributed by atoms with Gasteiger partial charge in [-0.25, -0.2) is 4.39 Å². The average molecular weight is 280 g/mol. The summed E-state index contributed by atoms with van der Waals surface area (Å²) < 4.78 is 37.3. The van der Waals surface area contributed by atoms with E-state index in [4.69, 9.17) is 9.47 Å². The summed E-state index contributed by atoms with van der Waals surface area (Å²) in [6.07, 6.45) is -0.877. The average Bonchev–Trinajstić information content (AvgIpc) is 2.43. The minimum Gasteiger partial charge on any atom is -0.496 e. The Balaban J connectivity index is 2.46. The van der Waals surface area contributed by atoms with E-state index >= 15 is 0 Å². The Labute approximate surface area is 115 Å². The number of rotatable bonds is 4. The van der Waals surface area contributed by atoms with Crippen LogP contribution in [0, 0.1) is 11.6 Å². The number of aliphatic hydroxyl groups is 1. The van der Waals surface area contributed by atoms with E-state index in [9.17, 15) is 13.9 Å². The first-order chi connectivity index (χ1) is 9.54. The van der Waals surface area contributed by atoms with Gasteiger partial charge in [-0.05, 0) is 31.2 Å². The van der Waals surface area contributed by atoms with Gasteiger partial charge in [0.25, 0.3) is 0 Å². The molecule has 0 aromatic heterocycles. The highest BCUT2D eigenvalue weighted by Crippen LogP contribution is 2.37. The maximum Gasteiger partial charge on any atom is 0.201 e. The molecule has 2 rings (SSSR count). The van der Waals surface area contributed by atoms with Crippen LogP contribution in [0.4, 0.5) is 8.78 Å². The molecule has 0 spiro atoms. The first kappa shape index (κ1) is 14.3. The molecule has 0 heterocycles. The van der Waals surface area contributed by atoms with Crippen LogP contribution in [0.5, 0.6) is 17.2 Å². The maximum atomic E-state index is 13.6. The molecule has 1 unspecified atom stereocenters. The molecule has 1 atom stereocenters. The molecule has 0 aliphatic heterocycles. The van der Waals surface area contributed by atoms with Gasteiger partial charge in [-0.1, -0.05) is 12.1 Å². The fraction of sp³-hybridized carbons (Fsp3) is 0.200. The minimum absolute atomic E-state index is 0.212. The highest BCUT2D eigenvalue weighted by molar-refractivity contribution is 5.48. The Morgan fingerprint density at radius 3 is 2.25 bits per heavy atom. The molecular weight excluding hydrogens is 266 g/mol. The van der Waals surface area contributed by atoms with Crippen LogP contribution in [0.2, 0.25) is 0 Å². The summed E-state index contributed by atoms with van der Waals surface area (Å²) in [6.45, 7) is 1.53. The summed E-state index contributed by atoms with van der Waals surface area (Å²) in [6, 6.07) is 8.49. The van der Waals surface area contributed by atoms with Crippen molar-refractivity contribution < 1.29 is 23.4 Å². The molecular formula is C15H14F2O3. The van der Waals surface area contributed by atoms with Gasteiger partial charge in [0.2, 0.25) is 5.82 Å². The molecule has 0 radical (unpaired) electrons. The molecule has 3 nitrogen and oxygen atoms in total. The summed E-state index contributed by atoms with van der Waals surface area (Å²) >= 11 is 0. The summed E-state index contributed by atoms with van der Waals surface area (Å²) in [5.41, 5.74) is 0.374. The van der Waals surface area contributed by atoms with E-state index in [2.05, 4.69) is 0 Å². The van der Waals surface area contributed by atoms with Gasteiger partial charge in [0.15, 0.2) is 11.6 Å². The number of hydrogen-bond donors (Lipinski definition) is 1. The standard InChI is InChI=1S/C15H14F2O3/c1-9(18)14-11(19-2)6-4-7-12(14)20-13-8-3-5-10(16)15(13)17/h3-9,18H,1-2H3. The number of methoxy groups -OCH3 is 1. The summed E-state index contributed by atoms with van der Waals surface area (Å²) in [5, 5.41) is 9.79. The van der Waals surface area contributed by atoms with Crippen molar-refractivity contribution in [2.45, 2.75) is 13.0 Å². The van der Waals surface area contributed by atoms with Crippen LogP contribution in [0.15, 0.2) is 36.4 Å². The summed E-state index contributed by atoms with van der Waals surface area (Å²) in [4.78, 5) is 0. The van der Waals surface area contributed by atoms with Crippen molar-refractivity contribution in [3.8, 4) is 17.2 Å². The van der Waals surface area contributed by atoms with Gasteiger partial charge in [0.1, 0.15) is 11.5 Å². The molecule has 0 bridgehead atoms.